The van der Waals surface area contributed by atoms with Gasteiger partial charge in [0, 0.05) is 6.07 Å². The Labute approximate surface area is 169 Å². The zero-order valence-electron chi connectivity index (χ0n) is 15.2. The van der Waals surface area contributed by atoms with Gasteiger partial charge in [0.15, 0.2) is 5.65 Å². The van der Waals surface area contributed by atoms with Gasteiger partial charge in [-0.15, -0.1) is 0 Å². The van der Waals surface area contributed by atoms with Crippen molar-refractivity contribution < 1.29 is 13.6 Å². The van der Waals surface area contributed by atoms with Gasteiger partial charge in [-0.2, -0.15) is 5.10 Å². The van der Waals surface area contributed by atoms with Crippen LogP contribution in [-0.2, 0) is 4.79 Å². The third-order valence-corrected chi connectivity index (χ3v) is 5.29. The van der Waals surface area contributed by atoms with Gasteiger partial charge >= 0.3 is 0 Å². The summed E-state index contributed by atoms with van der Waals surface area (Å²) in [4.78, 5) is 21.0. The van der Waals surface area contributed by atoms with Crippen LogP contribution in [0, 0.1) is 11.6 Å². The van der Waals surface area contributed by atoms with Crippen LogP contribution in [0.3, 0.4) is 0 Å². The predicted octanol–water partition coefficient (Wildman–Crippen LogP) is 4.21. The summed E-state index contributed by atoms with van der Waals surface area (Å²) in [6.45, 7) is 1.66. The van der Waals surface area contributed by atoms with Crippen molar-refractivity contribution >= 4 is 34.4 Å². The molecule has 146 valence electrons. The van der Waals surface area contributed by atoms with Crippen molar-refractivity contribution in [3.8, 4) is 5.69 Å². The van der Waals surface area contributed by atoms with Gasteiger partial charge < -0.3 is 5.32 Å². The molecule has 4 aromatic rings. The van der Waals surface area contributed by atoms with E-state index in [1.807, 2.05) is 30.3 Å². The smallest absolute Gasteiger partial charge is 0.237 e. The van der Waals surface area contributed by atoms with Gasteiger partial charge in [0.25, 0.3) is 0 Å². The number of halogens is 2. The number of nitrogens with zero attached hydrogens (tertiary/aromatic N) is 4. The van der Waals surface area contributed by atoms with E-state index in [0.29, 0.717) is 16.1 Å². The van der Waals surface area contributed by atoms with E-state index in [4.69, 9.17) is 0 Å². The van der Waals surface area contributed by atoms with Crippen LogP contribution in [0.2, 0.25) is 0 Å². The second-order valence-corrected chi connectivity index (χ2v) is 7.51. The van der Waals surface area contributed by atoms with Gasteiger partial charge in [0.05, 0.1) is 28.2 Å². The number of hydrogen-bond acceptors (Lipinski definition) is 5. The van der Waals surface area contributed by atoms with Gasteiger partial charge in [-0.05, 0) is 31.2 Å². The molecule has 0 saturated heterocycles. The van der Waals surface area contributed by atoms with Gasteiger partial charge in [-0.3, -0.25) is 4.79 Å². The lowest BCUT2D eigenvalue weighted by molar-refractivity contribution is -0.115. The normalized spacial score (nSPS) is 12.1. The molecule has 1 N–H and O–H groups in total. The zero-order valence-corrected chi connectivity index (χ0v) is 16.0. The van der Waals surface area contributed by atoms with Gasteiger partial charge in [-0.1, -0.05) is 30.0 Å². The molecule has 9 heteroatoms. The first-order chi connectivity index (χ1) is 14.0. The van der Waals surface area contributed by atoms with E-state index in [1.165, 1.54) is 18.1 Å². The van der Waals surface area contributed by atoms with E-state index in [9.17, 15) is 13.6 Å². The average Bonchev–Trinajstić information content (AvgIpc) is 3.16. The molecule has 0 fully saturated rings. The minimum atomic E-state index is -0.703. The Morgan fingerprint density at radius 2 is 1.93 bits per heavy atom. The molecular formula is C20H15F2N5OS. The number of aromatic nitrogens is 4. The van der Waals surface area contributed by atoms with Gasteiger partial charge in [0.2, 0.25) is 5.91 Å². The number of carbonyl (C=O) groups is 1. The van der Waals surface area contributed by atoms with Gasteiger partial charge in [0.1, 0.15) is 23.0 Å². The van der Waals surface area contributed by atoms with Gasteiger partial charge in [-0.25, -0.2) is 23.4 Å². The summed E-state index contributed by atoms with van der Waals surface area (Å²) < 4.78 is 28.8. The number of fused-ring (bicyclic) bond motifs is 1. The summed E-state index contributed by atoms with van der Waals surface area (Å²) in [5, 5.41) is 7.43. The zero-order chi connectivity index (χ0) is 20.4. The van der Waals surface area contributed by atoms with Crippen LogP contribution < -0.4 is 5.32 Å². The number of amides is 1. The second kappa shape index (κ2) is 7.96. The molecule has 1 atom stereocenters. The fourth-order valence-electron chi connectivity index (χ4n) is 2.72. The molecule has 0 aliphatic carbocycles. The standard InChI is InChI=1S/C20H15F2N5OS/c1-12(19(28)26-17-9-13(21)7-8-16(17)22)29-20-15-10-25-27(18(15)23-11-24-20)14-5-3-2-4-6-14/h2-12H,1H3,(H,26,28). The molecule has 0 bridgehead atoms. The molecule has 2 aromatic carbocycles. The highest BCUT2D eigenvalue weighted by molar-refractivity contribution is 8.00. The second-order valence-electron chi connectivity index (χ2n) is 6.18. The maximum atomic E-state index is 13.8. The molecule has 1 unspecified atom stereocenters. The lowest BCUT2D eigenvalue weighted by Gasteiger charge is -2.12. The number of rotatable bonds is 5. The molecule has 0 saturated carbocycles. The van der Waals surface area contributed by atoms with Crippen LogP contribution in [0.25, 0.3) is 16.7 Å². The molecule has 1 amide bonds. The molecule has 2 aromatic heterocycles. The third kappa shape index (κ3) is 3.95. The summed E-state index contributed by atoms with van der Waals surface area (Å²) in [7, 11) is 0. The molecule has 6 nitrogen and oxygen atoms in total. The number of anilines is 1. The van der Waals surface area contributed by atoms with E-state index in [-0.39, 0.29) is 5.69 Å². The summed E-state index contributed by atoms with van der Waals surface area (Å²) >= 11 is 1.19. The van der Waals surface area contributed by atoms with Crippen LogP contribution >= 0.6 is 11.8 Å². The quantitative estimate of drug-likeness (QED) is 0.393. The van der Waals surface area contributed by atoms with Crippen molar-refractivity contribution in [2.75, 3.05) is 5.32 Å². The number of para-hydroxylation sites is 1. The van der Waals surface area contributed by atoms with Crippen LogP contribution in [0.4, 0.5) is 14.5 Å². The fourth-order valence-corrected chi connectivity index (χ4v) is 3.60. The van der Waals surface area contributed by atoms with Crippen LogP contribution in [-0.4, -0.2) is 30.9 Å². The summed E-state index contributed by atoms with van der Waals surface area (Å²) in [5.74, 6) is -1.81. The maximum Gasteiger partial charge on any atom is 0.237 e. The van der Waals surface area contributed by atoms with Crippen molar-refractivity contribution in [1.29, 1.82) is 0 Å². The number of carbonyl (C=O) groups excluding carboxylic acids is 1. The van der Waals surface area contributed by atoms with Crippen molar-refractivity contribution in [2.24, 2.45) is 0 Å². The third-order valence-electron chi connectivity index (χ3n) is 4.17. The Kier molecular flexibility index (Phi) is 5.22. The lowest BCUT2D eigenvalue weighted by Crippen LogP contribution is -2.23. The fraction of sp³-hybridized carbons (Fsp3) is 0.100. The monoisotopic (exact) mass is 411 g/mol. The van der Waals surface area contributed by atoms with E-state index in [2.05, 4.69) is 20.4 Å². The van der Waals surface area contributed by atoms with E-state index < -0.39 is 22.8 Å². The largest absolute Gasteiger partial charge is 0.323 e. The molecule has 2 heterocycles. The Balaban J connectivity index is 1.57. The number of benzene rings is 2. The molecule has 0 aliphatic heterocycles. The minimum absolute atomic E-state index is 0.202. The molecule has 0 aliphatic rings. The first kappa shape index (κ1) is 19.0. The maximum absolute atomic E-state index is 13.8. The van der Waals surface area contributed by atoms with E-state index in [0.717, 1.165) is 23.9 Å². The number of nitrogens with one attached hydrogen (secondary N) is 1. The molecular weight excluding hydrogens is 396 g/mol. The molecule has 4 rings (SSSR count). The molecule has 0 spiro atoms. The minimum Gasteiger partial charge on any atom is -0.323 e. The SMILES string of the molecule is CC(Sc1ncnc2c1cnn2-c1ccccc1)C(=O)Nc1cc(F)ccc1F. The average molecular weight is 411 g/mol. The van der Waals surface area contributed by atoms with Crippen LogP contribution in [0.5, 0.6) is 0 Å². The van der Waals surface area contributed by atoms with Crippen molar-refractivity contribution in [2.45, 2.75) is 17.2 Å². The topological polar surface area (TPSA) is 72.7 Å². The summed E-state index contributed by atoms with van der Waals surface area (Å²) in [6, 6.07) is 12.4. The Morgan fingerprint density at radius 3 is 2.72 bits per heavy atom. The van der Waals surface area contributed by atoms with Crippen molar-refractivity contribution in [1.82, 2.24) is 19.7 Å². The first-order valence-corrected chi connectivity index (χ1v) is 9.57. The van der Waals surface area contributed by atoms with Crippen LogP contribution in [0.1, 0.15) is 6.92 Å². The van der Waals surface area contributed by atoms with E-state index >= 15 is 0 Å². The number of thioether (sulfide) groups is 1. The van der Waals surface area contributed by atoms with E-state index in [1.54, 1.807) is 17.8 Å². The predicted molar refractivity (Wildman–Crippen MR) is 107 cm³/mol. The Morgan fingerprint density at radius 1 is 1.14 bits per heavy atom. The highest BCUT2D eigenvalue weighted by atomic mass is 32.2. The van der Waals surface area contributed by atoms with Crippen molar-refractivity contribution in [3.05, 3.63) is 72.7 Å². The number of hydrogen-bond donors (Lipinski definition) is 1. The molecule has 0 radical (unpaired) electrons. The Hall–Kier alpha value is -3.33. The first-order valence-electron chi connectivity index (χ1n) is 8.69. The highest BCUT2D eigenvalue weighted by Crippen LogP contribution is 2.29. The Bertz CT molecular complexity index is 1180. The van der Waals surface area contributed by atoms with Crippen LogP contribution in [0.15, 0.2) is 66.1 Å². The summed E-state index contributed by atoms with van der Waals surface area (Å²) in [5.41, 5.74) is 1.26. The summed E-state index contributed by atoms with van der Waals surface area (Å²) in [6.07, 6.45) is 3.05. The molecule has 29 heavy (non-hydrogen) atoms. The van der Waals surface area contributed by atoms with Crippen molar-refractivity contribution in [3.63, 3.8) is 0 Å². The lowest BCUT2D eigenvalue weighted by atomic mass is 10.3. The highest BCUT2D eigenvalue weighted by Gasteiger charge is 2.20.